The Labute approximate surface area is 101 Å². The number of amides is 1. The number of nitrogens with one attached hydrogen (secondary N) is 1. The number of rotatable bonds is 5. The number of hydrogen-bond acceptors (Lipinski definition) is 3. The molecule has 0 fully saturated rings. The van der Waals surface area contributed by atoms with Crippen molar-refractivity contribution >= 4 is 11.9 Å². The summed E-state index contributed by atoms with van der Waals surface area (Å²) < 4.78 is 0. The molecule has 0 saturated carbocycles. The smallest absolute Gasteiger partial charge is 0.326 e. The number of carbonyl (C=O) groups excluding carboxylic acids is 1. The largest absolute Gasteiger partial charge is 0.480 e. The van der Waals surface area contributed by atoms with Gasteiger partial charge in [-0.2, -0.15) is 0 Å². The third-order valence-electron chi connectivity index (χ3n) is 3.23. The first-order valence-corrected chi connectivity index (χ1v) is 5.92. The van der Waals surface area contributed by atoms with Gasteiger partial charge in [-0.15, -0.1) is 0 Å². The Bertz CT molecular complexity index is 328. The minimum atomic E-state index is -0.987. The quantitative estimate of drug-likeness (QED) is 0.610. The van der Waals surface area contributed by atoms with Gasteiger partial charge in [0, 0.05) is 6.04 Å². The standard InChI is InChI=1S/C12H20N2O3/c1-3-7(2)10(12(16)17)14-11(15)8-4-5-9(13)6-8/h4-5,7-10H,3,6,13H2,1-2H3,(H,14,15)(H,16,17). The third-order valence-corrected chi connectivity index (χ3v) is 3.23. The van der Waals surface area contributed by atoms with E-state index in [0.717, 1.165) is 0 Å². The maximum absolute atomic E-state index is 11.8. The highest BCUT2D eigenvalue weighted by Crippen LogP contribution is 2.17. The molecule has 4 N–H and O–H groups in total. The highest BCUT2D eigenvalue weighted by molar-refractivity contribution is 5.86. The highest BCUT2D eigenvalue weighted by atomic mass is 16.4. The second kappa shape index (κ2) is 5.82. The van der Waals surface area contributed by atoms with E-state index in [1.54, 1.807) is 12.2 Å². The van der Waals surface area contributed by atoms with E-state index in [4.69, 9.17) is 10.8 Å². The van der Waals surface area contributed by atoms with E-state index in [2.05, 4.69) is 5.32 Å². The number of carboxylic acid groups (broad SMARTS) is 1. The molecule has 1 aliphatic carbocycles. The molecule has 0 aliphatic heterocycles. The zero-order valence-electron chi connectivity index (χ0n) is 10.2. The van der Waals surface area contributed by atoms with Crippen LogP contribution in [0.15, 0.2) is 12.2 Å². The average Bonchev–Trinajstić information content (AvgIpc) is 2.71. The lowest BCUT2D eigenvalue weighted by Crippen LogP contribution is -2.47. The molecule has 0 aromatic rings. The fraction of sp³-hybridized carbons (Fsp3) is 0.667. The van der Waals surface area contributed by atoms with E-state index in [0.29, 0.717) is 12.8 Å². The van der Waals surface area contributed by atoms with Crippen LogP contribution >= 0.6 is 0 Å². The fourth-order valence-electron chi connectivity index (χ4n) is 1.87. The van der Waals surface area contributed by atoms with Gasteiger partial charge in [-0.3, -0.25) is 4.79 Å². The van der Waals surface area contributed by atoms with Gasteiger partial charge in [0.05, 0.1) is 5.92 Å². The third kappa shape index (κ3) is 3.56. The molecule has 5 heteroatoms. The monoisotopic (exact) mass is 240 g/mol. The van der Waals surface area contributed by atoms with Crippen LogP contribution in [0.2, 0.25) is 0 Å². The van der Waals surface area contributed by atoms with Crippen molar-refractivity contribution < 1.29 is 14.7 Å². The van der Waals surface area contributed by atoms with Crippen molar-refractivity contribution in [2.45, 2.75) is 38.8 Å². The summed E-state index contributed by atoms with van der Waals surface area (Å²) >= 11 is 0. The maximum Gasteiger partial charge on any atom is 0.326 e. The van der Waals surface area contributed by atoms with Gasteiger partial charge in [-0.1, -0.05) is 32.4 Å². The lowest BCUT2D eigenvalue weighted by molar-refractivity contribution is -0.143. The van der Waals surface area contributed by atoms with Crippen molar-refractivity contribution in [2.75, 3.05) is 0 Å². The van der Waals surface area contributed by atoms with Crippen LogP contribution in [-0.4, -0.2) is 29.1 Å². The predicted octanol–water partition coefficient (Wildman–Crippen LogP) is 0.505. The first-order chi connectivity index (χ1) is 7.95. The van der Waals surface area contributed by atoms with E-state index in [1.807, 2.05) is 13.8 Å². The Balaban J connectivity index is 2.59. The van der Waals surface area contributed by atoms with Crippen LogP contribution in [-0.2, 0) is 9.59 Å². The van der Waals surface area contributed by atoms with Crippen molar-refractivity contribution in [1.82, 2.24) is 5.32 Å². The molecule has 5 nitrogen and oxygen atoms in total. The molecule has 0 aromatic carbocycles. The van der Waals surface area contributed by atoms with Crippen LogP contribution in [0.3, 0.4) is 0 Å². The molecule has 0 spiro atoms. The molecule has 0 aromatic heterocycles. The zero-order chi connectivity index (χ0) is 13.0. The Morgan fingerprint density at radius 3 is 2.59 bits per heavy atom. The molecule has 4 atom stereocenters. The molecular weight excluding hydrogens is 220 g/mol. The Morgan fingerprint density at radius 1 is 1.53 bits per heavy atom. The molecule has 0 saturated heterocycles. The highest BCUT2D eigenvalue weighted by Gasteiger charge is 2.29. The molecular formula is C12H20N2O3. The first kappa shape index (κ1) is 13.7. The van der Waals surface area contributed by atoms with Crippen LogP contribution in [0.4, 0.5) is 0 Å². The molecule has 0 radical (unpaired) electrons. The topological polar surface area (TPSA) is 92.4 Å². The van der Waals surface area contributed by atoms with Crippen molar-refractivity contribution in [1.29, 1.82) is 0 Å². The van der Waals surface area contributed by atoms with Crippen molar-refractivity contribution in [3.8, 4) is 0 Å². The van der Waals surface area contributed by atoms with Gasteiger partial charge >= 0.3 is 5.97 Å². The molecule has 0 bridgehead atoms. The Hall–Kier alpha value is -1.36. The number of nitrogens with two attached hydrogens (primary N) is 1. The van der Waals surface area contributed by atoms with E-state index >= 15 is 0 Å². The van der Waals surface area contributed by atoms with Crippen molar-refractivity contribution in [3.05, 3.63) is 12.2 Å². The summed E-state index contributed by atoms with van der Waals surface area (Å²) in [6.45, 7) is 3.72. The van der Waals surface area contributed by atoms with Crippen LogP contribution in [0.25, 0.3) is 0 Å². The summed E-state index contributed by atoms with van der Waals surface area (Å²) in [7, 11) is 0. The normalized spacial score (nSPS) is 26.5. The fourth-order valence-corrected chi connectivity index (χ4v) is 1.87. The Morgan fingerprint density at radius 2 is 2.18 bits per heavy atom. The van der Waals surface area contributed by atoms with E-state index in [1.165, 1.54) is 0 Å². The molecule has 4 unspecified atom stereocenters. The molecule has 96 valence electrons. The van der Waals surface area contributed by atoms with Crippen LogP contribution < -0.4 is 11.1 Å². The van der Waals surface area contributed by atoms with Gasteiger partial charge in [0.15, 0.2) is 0 Å². The van der Waals surface area contributed by atoms with Crippen LogP contribution in [0, 0.1) is 11.8 Å². The molecule has 0 heterocycles. The van der Waals surface area contributed by atoms with Gasteiger partial charge in [0.1, 0.15) is 6.04 Å². The summed E-state index contributed by atoms with van der Waals surface area (Å²) in [6.07, 6.45) is 4.79. The first-order valence-electron chi connectivity index (χ1n) is 5.92. The number of aliphatic carboxylic acids is 1. The predicted molar refractivity (Wildman–Crippen MR) is 64.2 cm³/mol. The molecule has 1 rings (SSSR count). The van der Waals surface area contributed by atoms with Gasteiger partial charge in [0.25, 0.3) is 0 Å². The van der Waals surface area contributed by atoms with E-state index < -0.39 is 12.0 Å². The summed E-state index contributed by atoms with van der Waals surface area (Å²) in [5.41, 5.74) is 5.66. The van der Waals surface area contributed by atoms with Crippen LogP contribution in [0.1, 0.15) is 26.7 Å². The molecule has 17 heavy (non-hydrogen) atoms. The van der Waals surface area contributed by atoms with E-state index in [-0.39, 0.29) is 23.8 Å². The zero-order valence-corrected chi connectivity index (χ0v) is 10.2. The second-order valence-corrected chi connectivity index (χ2v) is 4.60. The summed E-state index contributed by atoms with van der Waals surface area (Å²) in [5, 5.41) is 11.6. The molecule has 1 amide bonds. The van der Waals surface area contributed by atoms with Gasteiger partial charge < -0.3 is 16.2 Å². The Kier molecular flexibility index (Phi) is 4.69. The summed E-state index contributed by atoms with van der Waals surface area (Å²) in [6, 6.07) is -0.921. The van der Waals surface area contributed by atoms with Crippen molar-refractivity contribution in [2.24, 2.45) is 17.6 Å². The average molecular weight is 240 g/mol. The van der Waals surface area contributed by atoms with Crippen LogP contribution in [0.5, 0.6) is 0 Å². The van der Waals surface area contributed by atoms with E-state index in [9.17, 15) is 9.59 Å². The van der Waals surface area contributed by atoms with Gasteiger partial charge in [-0.25, -0.2) is 4.79 Å². The minimum Gasteiger partial charge on any atom is -0.480 e. The van der Waals surface area contributed by atoms with Crippen molar-refractivity contribution in [3.63, 3.8) is 0 Å². The summed E-state index contributed by atoms with van der Waals surface area (Å²) in [4.78, 5) is 22.9. The maximum atomic E-state index is 11.8. The summed E-state index contributed by atoms with van der Waals surface area (Å²) in [5.74, 6) is -1.62. The number of carbonyl (C=O) groups is 2. The number of carboxylic acids is 1. The van der Waals surface area contributed by atoms with Gasteiger partial charge in [-0.05, 0) is 12.3 Å². The SMILES string of the molecule is CCC(C)C(NC(=O)C1C=CC(N)C1)C(=O)O. The number of hydrogen-bond donors (Lipinski definition) is 3. The second-order valence-electron chi connectivity index (χ2n) is 4.60. The lowest BCUT2D eigenvalue weighted by Gasteiger charge is -2.21. The lowest BCUT2D eigenvalue weighted by atomic mass is 9.98. The minimum absolute atomic E-state index is 0.0875. The van der Waals surface area contributed by atoms with Gasteiger partial charge in [0.2, 0.25) is 5.91 Å². The molecule has 1 aliphatic rings.